The van der Waals surface area contributed by atoms with E-state index in [2.05, 4.69) is 79.1 Å². The van der Waals surface area contributed by atoms with Gasteiger partial charge < -0.3 is 9.47 Å². The zero-order valence-electron chi connectivity index (χ0n) is 19.9. The van der Waals surface area contributed by atoms with Gasteiger partial charge in [-0.1, -0.05) is 76.4 Å². The molecule has 0 amide bonds. The first-order valence-electron chi connectivity index (χ1n) is 12.5. The van der Waals surface area contributed by atoms with Crippen molar-refractivity contribution in [2.75, 3.05) is 26.2 Å². The first kappa shape index (κ1) is 21.8. The Balaban J connectivity index is 1.37. The summed E-state index contributed by atoms with van der Waals surface area (Å²) in [5.41, 5.74) is 2.53. The molecular weight excluding hydrogens is 396 g/mol. The van der Waals surface area contributed by atoms with Gasteiger partial charge in [-0.25, -0.2) is 0 Å². The molecule has 2 aromatic rings. The molecule has 4 nitrogen and oxygen atoms in total. The molecule has 1 saturated carbocycles. The summed E-state index contributed by atoms with van der Waals surface area (Å²) in [4.78, 5) is 5.22. The fourth-order valence-electron chi connectivity index (χ4n) is 5.50. The molecule has 0 spiro atoms. The molecule has 5 rings (SSSR count). The predicted octanol–water partition coefficient (Wildman–Crippen LogP) is 5.77. The summed E-state index contributed by atoms with van der Waals surface area (Å²) in [5, 5.41) is 0. The Morgan fingerprint density at radius 2 is 1.44 bits per heavy atom. The second kappa shape index (κ2) is 9.07. The summed E-state index contributed by atoms with van der Waals surface area (Å²) < 4.78 is 13.4. The van der Waals surface area contributed by atoms with E-state index in [-0.39, 0.29) is 17.7 Å². The Morgan fingerprint density at radius 3 is 2.12 bits per heavy atom. The van der Waals surface area contributed by atoms with Crippen LogP contribution >= 0.6 is 0 Å². The van der Waals surface area contributed by atoms with Crippen molar-refractivity contribution in [1.82, 2.24) is 9.80 Å². The number of benzene rings is 2. The van der Waals surface area contributed by atoms with Crippen molar-refractivity contribution in [3.63, 3.8) is 0 Å². The van der Waals surface area contributed by atoms with Gasteiger partial charge >= 0.3 is 0 Å². The zero-order valence-corrected chi connectivity index (χ0v) is 19.9. The quantitative estimate of drug-likeness (QED) is 0.612. The monoisotopic (exact) mass is 434 g/mol. The summed E-state index contributed by atoms with van der Waals surface area (Å²) in [5.74, 6) is 1.73. The molecule has 0 aromatic heterocycles. The van der Waals surface area contributed by atoms with E-state index < -0.39 is 0 Å². The van der Waals surface area contributed by atoms with Crippen molar-refractivity contribution in [1.29, 1.82) is 0 Å². The zero-order chi connectivity index (χ0) is 22.1. The van der Waals surface area contributed by atoms with Gasteiger partial charge in [0.1, 0.15) is 0 Å². The van der Waals surface area contributed by atoms with E-state index in [9.17, 15) is 0 Å². The van der Waals surface area contributed by atoms with E-state index in [4.69, 9.17) is 9.47 Å². The van der Waals surface area contributed by atoms with Crippen LogP contribution in [-0.2, 0) is 5.41 Å². The summed E-state index contributed by atoms with van der Waals surface area (Å²) in [7, 11) is 0. The van der Waals surface area contributed by atoms with Gasteiger partial charge in [0, 0.05) is 32.2 Å². The molecule has 2 heterocycles. The summed E-state index contributed by atoms with van der Waals surface area (Å²) >= 11 is 0. The number of nitrogens with zero attached hydrogens (tertiary/aromatic N) is 2. The first-order valence-corrected chi connectivity index (χ1v) is 12.5. The molecule has 0 bridgehead atoms. The molecule has 2 unspecified atom stereocenters. The molecule has 4 heteroatoms. The fourth-order valence-corrected chi connectivity index (χ4v) is 5.50. The van der Waals surface area contributed by atoms with Gasteiger partial charge in [0.05, 0.1) is 0 Å². The fraction of sp³-hybridized carbons (Fsp3) is 0.571. The second-order valence-corrected chi connectivity index (χ2v) is 10.7. The van der Waals surface area contributed by atoms with Crippen molar-refractivity contribution in [2.45, 2.75) is 76.7 Å². The largest absolute Gasteiger partial charge is 0.476 e. The lowest BCUT2D eigenvalue weighted by atomic mass is 9.87. The van der Waals surface area contributed by atoms with E-state index in [1.807, 2.05) is 0 Å². The molecule has 0 N–H and O–H groups in total. The second-order valence-electron chi connectivity index (χ2n) is 10.7. The maximum absolute atomic E-state index is 6.68. The topological polar surface area (TPSA) is 24.9 Å². The molecule has 172 valence electrons. The summed E-state index contributed by atoms with van der Waals surface area (Å²) in [6.07, 6.45) is 6.73. The van der Waals surface area contributed by atoms with Crippen molar-refractivity contribution in [3.8, 4) is 11.5 Å². The summed E-state index contributed by atoms with van der Waals surface area (Å²) in [6.45, 7) is 11.0. The molecule has 3 aliphatic rings. The van der Waals surface area contributed by atoms with Gasteiger partial charge in [0.2, 0.25) is 0 Å². The molecular formula is C28H38N2O2. The van der Waals surface area contributed by atoms with Crippen molar-refractivity contribution < 1.29 is 9.47 Å². The Hall–Kier alpha value is -2.04. The van der Waals surface area contributed by atoms with Gasteiger partial charge in [-0.3, -0.25) is 9.80 Å². The standard InChI is InChI=1S/C28H38N2O2/c1-28(2,3)22-14-15-24-25(20-22)31-26(21-10-6-4-7-11-21)27(32-24)30-18-16-29(17-19-30)23-12-8-5-9-13-23/h4,6-7,10-11,14-15,20,23,26-27H,5,8-9,12-13,16-19H2,1-3H3. The molecule has 2 atom stereocenters. The van der Waals surface area contributed by atoms with Crippen molar-refractivity contribution in [3.05, 3.63) is 59.7 Å². The molecule has 0 radical (unpaired) electrons. The van der Waals surface area contributed by atoms with Crippen LogP contribution in [0.15, 0.2) is 48.5 Å². The number of hydrogen-bond donors (Lipinski definition) is 0. The van der Waals surface area contributed by atoms with E-state index >= 15 is 0 Å². The van der Waals surface area contributed by atoms with Crippen LogP contribution in [0.5, 0.6) is 11.5 Å². The van der Waals surface area contributed by atoms with E-state index in [1.165, 1.54) is 43.2 Å². The average Bonchev–Trinajstić information content (AvgIpc) is 2.83. The lowest BCUT2D eigenvalue weighted by Crippen LogP contribution is -2.57. The maximum Gasteiger partial charge on any atom is 0.194 e. The first-order chi connectivity index (χ1) is 15.5. The van der Waals surface area contributed by atoms with Crippen LogP contribution < -0.4 is 9.47 Å². The Kier molecular flexibility index (Phi) is 6.18. The van der Waals surface area contributed by atoms with Crippen LogP contribution in [-0.4, -0.2) is 48.2 Å². The third-order valence-electron chi connectivity index (χ3n) is 7.50. The number of piperazine rings is 1. The third kappa shape index (κ3) is 4.53. The minimum atomic E-state index is -0.125. The number of rotatable bonds is 3. The van der Waals surface area contributed by atoms with Gasteiger partial charge in [0.15, 0.2) is 23.8 Å². The SMILES string of the molecule is CC(C)(C)c1ccc2c(c1)OC(c1ccccc1)C(N1CCN(C3CCCCC3)CC1)O2. The highest BCUT2D eigenvalue weighted by Gasteiger charge is 2.39. The van der Waals surface area contributed by atoms with Crippen LogP contribution in [0.25, 0.3) is 0 Å². The highest BCUT2D eigenvalue weighted by molar-refractivity contribution is 5.46. The van der Waals surface area contributed by atoms with E-state index in [0.717, 1.165) is 43.7 Å². The summed E-state index contributed by atoms with van der Waals surface area (Å²) in [6, 6.07) is 17.8. The maximum atomic E-state index is 6.68. The lowest BCUT2D eigenvalue weighted by molar-refractivity contribution is -0.0963. The van der Waals surface area contributed by atoms with Gasteiger partial charge in [-0.2, -0.15) is 0 Å². The Morgan fingerprint density at radius 1 is 0.750 bits per heavy atom. The number of hydrogen-bond acceptors (Lipinski definition) is 4. The molecule has 2 aromatic carbocycles. The Bertz CT molecular complexity index is 893. The van der Waals surface area contributed by atoms with Crippen molar-refractivity contribution in [2.24, 2.45) is 0 Å². The molecule has 2 aliphatic heterocycles. The minimum absolute atomic E-state index is 0.0763. The van der Waals surface area contributed by atoms with E-state index in [0.29, 0.717) is 0 Å². The number of ether oxygens (including phenoxy) is 2. The normalized spacial score (nSPS) is 25.6. The van der Waals surface area contributed by atoms with Crippen molar-refractivity contribution >= 4 is 0 Å². The van der Waals surface area contributed by atoms with Crippen LogP contribution in [0.3, 0.4) is 0 Å². The van der Waals surface area contributed by atoms with Gasteiger partial charge in [-0.15, -0.1) is 0 Å². The van der Waals surface area contributed by atoms with E-state index in [1.54, 1.807) is 0 Å². The number of fused-ring (bicyclic) bond motifs is 1. The van der Waals surface area contributed by atoms with Gasteiger partial charge in [-0.05, 0) is 41.5 Å². The average molecular weight is 435 g/mol. The highest BCUT2D eigenvalue weighted by Crippen LogP contribution is 2.43. The molecule has 2 fully saturated rings. The highest BCUT2D eigenvalue weighted by atomic mass is 16.6. The van der Waals surface area contributed by atoms with Crippen LogP contribution in [0.1, 0.15) is 70.1 Å². The third-order valence-corrected chi connectivity index (χ3v) is 7.50. The van der Waals surface area contributed by atoms with Crippen LogP contribution in [0, 0.1) is 0 Å². The smallest absolute Gasteiger partial charge is 0.194 e. The molecule has 1 aliphatic carbocycles. The lowest BCUT2D eigenvalue weighted by Gasteiger charge is -2.46. The van der Waals surface area contributed by atoms with Crippen LogP contribution in [0.2, 0.25) is 0 Å². The van der Waals surface area contributed by atoms with Crippen LogP contribution in [0.4, 0.5) is 0 Å². The molecule has 32 heavy (non-hydrogen) atoms. The molecule has 1 saturated heterocycles. The van der Waals surface area contributed by atoms with Gasteiger partial charge in [0.25, 0.3) is 0 Å². The minimum Gasteiger partial charge on any atom is -0.476 e. The Labute approximate surface area is 193 Å². The predicted molar refractivity (Wildman–Crippen MR) is 129 cm³/mol.